The second kappa shape index (κ2) is 7.71. The molecule has 1 aromatic rings. The smallest absolute Gasteiger partial charge is 0.170 e. The van der Waals surface area contributed by atoms with Crippen molar-refractivity contribution in [3.8, 4) is 0 Å². The van der Waals surface area contributed by atoms with E-state index in [1.54, 1.807) is 0 Å². The molecule has 1 atom stereocenters. The number of hydrogen-bond acceptors (Lipinski definition) is 3. The normalized spacial score (nSPS) is 13.6. The summed E-state index contributed by atoms with van der Waals surface area (Å²) in [6, 6.07) is 7.50. The second-order valence-corrected chi connectivity index (χ2v) is 4.59. The molecule has 1 unspecified atom stereocenters. The van der Waals surface area contributed by atoms with E-state index >= 15 is 0 Å². The number of hydrogen-bond donors (Lipinski definition) is 2. The molecule has 0 amide bonds. The molecule has 0 radical (unpaired) electrons. The van der Waals surface area contributed by atoms with Crippen LogP contribution in [0.1, 0.15) is 37.8 Å². The molecule has 0 saturated carbocycles. The monoisotopic (exact) mass is 250 g/mol. The van der Waals surface area contributed by atoms with Gasteiger partial charge in [0.2, 0.25) is 0 Å². The van der Waals surface area contributed by atoms with Crippen LogP contribution in [0.4, 0.5) is 0 Å². The molecule has 4 nitrogen and oxygen atoms in total. The van der Waals surface area contributed by atoms with Crippen molar-refractivity contribution < 1.29 is 9.94 Å². The van der Waals surface area contributed by atoms with Crippen molar-refractivity contribution in [3.63, 3.8) is 0 Å². The first-order valence-electron chi connectivity index (χ1n) is 6.32. The Bertz CT molecular complexity index is 374. The van der Waals surface area contributed by atoms with E-state index in [1.807, 2.05) is 24.3 Å². The van der Waals surface area contributed by atoms with E-state index < -0.39 is 0 Å². The molecule has 4 heteroatoms. The molecule has 1 aromatic carbocycles. The Kier molecular flexibility index (Phi) is 6.22. The number of amidine groups is 1. The first kappa shape index (κ1) is 14.5. The lowest BCUT2D eigenvalue weighted by Crippen LogP contribution is -2.12. The fraction of sp³-hybridized carbons (Fsp3) is 0.500. The zero-order valence-electron chi connectivity index (χ0n) is 11.1. The summed E-state index contributed by atoms with van der Waals surface area (Å²) in [4.78, 5) is 0. The third kappa shape index (κ3) is 4.75. The highest BCUT2D eigenvalue weighted by molar-refractivity contribution is 5.96. The summed E-state index contributed by atoms with van der Waals surface area (Å²) in [7, 11) is 0. The van der Waals surface area contributed by atoms with Gasteiger partial charge in [-0.05, 0) is 17.9 Å². The lowest BCUT2D eigenvalue weighted by Gasteiger charge is -2.10. The van der Waals surface area contributed by atoms with Crippen molar-refractivity contribution in [1.82, 2.24) is 0 Å². The van der Waals surface area contributed by atoms with Gasteiger partial charge in [-0.2, -0.15) is 0 Å². The minimum atomic E-state index is 0.124. The molecule has 0 aliphatic heterocycles. The van der Waals surface area contributed by atoms with Crippen molar-refractivity contribution in [2.45, 2.75) is 33.3 Å². The Morgan fingerprint density at radius 1 is 1.39 bits per heavy atom. The van der Waals surface area contributed by atoms with Crippen LogP contribution in [-0.4, -0.2) is 17.6 Å². The predicted molar refractivity (Wildman–Crippen MR) is 72.7 cm³/mol. The summed E-state index contributed by atoms with van der Waals surface area (Å²) in [6.07, 6.45) is 2.39. The fourth-order valence-electron chi connectivity index (χ4n) is 1.78. The number of nitrogens with two attached hydrogens (primary N) is 1. The lowest BCUT2D eigenvalue weighted by molar-refractivity contribution is 0.0893. The van der Waals surface area contributed by atoms with Crippen LogP contribution >= 0.6 is 0 Å². The molecule has 0 saturated heterocycles. The molecule has 3 N–H and O–H groups in total. The Morgan fingerprint density at radius 3 is 2.61 bits per heavy atom. The maximum Gasteiger partial charge on any atom is 0.170 e. The Morgan fingerprint density at radius 2 is 2.06 bits per heavy atom. The van der Waals surface area contributed by atoms with Crippen molar-refractivity contribution in [3.05, 3.63) is 35.4 Å². The van der Waals surface area contributed by atoms with Crippen LogP contribution in [0.25, 0.3) is 0 Å². The van der Waals surface area contributed by atoms with Gasteiger partial charge in [0, 0.05) is 12.2 Å². The highest BCUT2D eigenvalue weighted by Gasteiger charge is 2.02. The number of ether oxygens (including phenoxy) is 1. The lowest BCUT2D eigenvalue weighted by atomic mass is 10.1. The number of nitrogens with zero attached hydrogens (tertiary/aromatic N) is 1. The maximum absolute atomic E-state index is 8.55. The molecule has 0 aliphatic rings. The first-order chi connectivity index (χ1) is 8.67. The fourth-order valence-corrected chi connectivity index (χ4v) is 1.78. The van der Waals surface area contributed by atoms with E-state index in [9.17, 15) is 0 Å². The van der Waals surface area contributed by atoms with Gasteiger partial charge in [0.25, 0.3) is 0 Å². The molecular formula is C14H22N2O2. The summed E-state index contributed by atoms with van der Waals surface area (Å²) >= 11 is 0. The zero-order valence-corrected chi connectivity index (χ0v) is 11.1. The summed E-state index contributed by atoms with van der Waals surface area (Å²) in [5, 5.41) is 11.5. The van der Waals surface area contributed by atoms with Gasteiger partial charge in [-0.3, -0.25) is 0 Å². The van der Waals surface area contributed by atoms with Gasteiger partial charge in [0.05, 0.1) is 6.61 Å². The summed E-state index contributed by atoms with van der Waals surface area (Å²) in [6.45, 7) is 5.77. The molecule has 0 aromatic heterocycles. The Labute approximate surface area is 108 Å². The quantitative estimate of drug-likeness (QED) is 0.338. The second-order valence-electron chi connectivity index (χ2n) is 4.59. The standard InChI is InChI=1S/C14H22N2O2/c1-3-4-11(2)9-18-10-12-5-7-13(8-6-12)14(15)16-17/h5-8,11,17H,3-4,9-10H2,1-2H3,(H2,15,16). The number of benzene rings is 1. The summed E-state index contributed by atoms with van der Waals surface area (Å²) in [5.41, 5.74) is 7.29. The summed E-state index contributed by atoms with van der Waals surface area (Å²) in [5.74, 6) is 0.727. The van der Waals surface area contributed by atoms with E-state index in [0.717, 1.165) is 12.2 Å². The van der Waals surface area contributed by atoms with Crippen LogP contribution in [0, 0.1) is 5.92 Å². The van der Waals surface area contributed by atoms with Crippen molar-refractivity contribution in [1.29, 1.82) is 0 Å². The molecule has 18 heavy (non-hydrogen) atoms. The van der Waals surface area contributed by atoms with Crippen LogP contribution in [0.5, 0.6) is 0 Å². The molecule has 0 fully saturated rings. The first-order valence-corrected chi connectivity index (χ1v) is 6.32. The van der Waals surface area contributed by atoms with E-state index in [4.69, 9.17) is 15.7 Å². The van der Waals surface area contributed by atoms with Gasteiger partial charge in [-0.15, -0.1) is 0 Å². The molecule has 0 bridgehead atoms. The van der Waals surface area contributed by atoms with E-state index in [0.29, 0.717) is 18.1 Å². The molecule has 0 aliphatic carbocycles. The molecular weight excluding hydrogens is 228 g/mol. The molecule has 0 spiro atoms. The number of oxime groups is 1. The van der Waals surface area contributed by atoms with Crippen molar-refractivity contribution >= 4 is 5.84 Å². The van der Waals surface area contributed by atoms with Gasteiger partial charge in [0.15, 0.2) is 5.84 Å². The minimum Gasteiger partial charge on any atom is -0.409 e. The minimum absolute atomic E-state index is 0.124. The van der Waals surface area contributed by atoms with Gasteiger partial charge in [-0.25, -0.2) is 0 Å². The summed E-state index contributed by atoms with van der Waals surface area (Å²) < 4.78 is 5.65. The molecule has 0 heterocycles. The van der Waals surface area contributed by atoms with E-state index in [2.05, 4.69) is 19.0 Å². The van der Waals surface area contributed by atoms with Gasteiger partial charge < -0.3 is 15.7 Å². The topological polar surface area (TPSA) is 67.8 Å². The number of rotatable bonds is 7. The van der Waals surface area contributed by atoms with Crippen LogP contribution in [0.15, 0.2) is 29.4 Å². The highest BCUT2D eigenvalue weighted by atomic mass is 16.5. The largest absolute Gasteiger partial charge is 0.409 e. The predicted octanol–water partition coefficient (Wildman–Crippen LogP) is 2.73. The van der Waals surface area contributed by atoms with Crippen LogP contribution in [0.2, 0.25) is 0 Å². The van der Waals surface area contributed by atoms with E-state index in [-0.39, 0.29) is 5.84 Å². The third-order valence-electron chi connectivity index (χ3n) is 2.81. The highest BCUT2D eigenvalue weighted by Crippen LogP contribution is 2.09. The average Bonchev–Trinajstić information content (AvgIpc) is 2.39. The Hall–Kier alpha value is -1.55. The van der Waals surface area contributed by atoms with Crippen molar-refractivity contribution in [2.75, 3.05) is 6.61 Å². The van der Waals surface area contributed by atoms with Crippen LogP contribution in [-0.2, 0) is 11.3 Å². The SMILES string of the molecule is CCCC(C)COCc1ccc(/C(N)=N/O)cc1. The van der Waals surface area contributed by atoms with Gasteiger partial charge in [0.1, 0.15) is 0 Å². The molecule has 1 rings (SSSR count). The van der Waals surface area contributed by atoms with E-state index in [1.165, 1.54) is 12.8 Å². The average molecular weight is 250 g/mol. The zero-order chi connectivity index (χ0) is 13.4. The van der Waals surface area contributed by atoms with Gasteiger partial charge >= 0.3 is 0 Å². The molecule has 100 valence electrons. The maximum atomic E-state index is 8.55. The van der Waals surface area contributed by atoms with Crippen molar-refractivity contribution in [2.24, 2.45) is 16.8 Å². The van der Waals surface area contributed by atoms with Gasteiger partial charge in [-0.1, -0.05) is 49.7 Å². The Balaban J connectivity index is 2.40. The van der Waals surface area contributed by atoms with Crippen LogP contribution < -0.4 is 5.73 Å². The van der Waals surface area contributed by atoms with Crippen LogP contribution in [0.3, 0.4) is 0 Å². The third-order valence-corrected chi connectivity index (χ3v) is 2.81.